The Bertz CT molecular complexity index is 909. The number of primary amides is 1. The summed E-state index contributed by atoms with van der Waals surface area (Å²) in [5.41, 5.74) is 6.68. The summed E-state index contributed by atoms with van der Waals surface area (Å²) in [6.07, 6.45) is 3.00. The minimum Gasteiger partial charge on any atom is -0.497 e. The molecular weight excluding hydrogens is 412 g/mol. The first-order chi connectivity index (χ1) is 13.8. The number of rotatable bonds is 9. The number of aryl methyl sites for hydroxylation is 1. The molecule has 0 saturated carbocycles. The lowest BCUT2D eigenvalue weighted by Crippen LogP contribution is -2.40. The first-order valence-electron chi connectivity index (χ1n) is 8.60. The molecule has 4 N–H and O–H groups in total. The fourth-order valence-corrected chi connectivity index (χ4v) is 4.01. The Kier molecular flexibility index (Phi) is 8.22. The van der Waals surface area contributed by atoms with Crippen LogP contribution in [0.3, 0.4) is 0 Å². The maximum absolute atomic E-state index is 12.3. The molecule has 0 aliphatic heterocycles. The van der Waals surface area contributed by atoms with E-state index in [1.165, 1.54) is 29.2 Å². The average Bonchev–Trinajstić information content (AvgIpc) is 3.04. The topological polar surface area (TPSA) is 123 Å². The summed E-state index contributed by atoms with van der Waals surface area (Å²) >= 11 is 2.52. The predicted octanol–water partition coefficient (Wildman–Crippen LogP) is 2.19. The standard InChI is InChI=1S/C19H22N4O4S2/c1-11(21-16(25)9-6-13-4-7-14(27-3)8-5-13)17(26)23-19-22-12(2)18(29-19)28-10-15(20)24/h4-9,11H,10H2,1-3H3,(H2,20,24)(H,21,25)(H,22,23,26)/b9-6+. The smallest absolute Gasteiger partial charge is 0.248 e. The molecule has 0 aliphatic carbocycles. The summed E-state index contributed by atoms with van der Waals surface area (Å²) in [7, 11) is 1.58. The van der Waals surface area contributed by atoms with Crippen molar-refractivity contribution in [2.75, 3.05) is 18.2 Å². The number of carbonyl (C=O) groups excluding carboxylic acids is 3. The third kappa shape index (κ3) is 7.24. The summed E-state index contributed by atoms with van der Waals surface area (Å²) in [4.78, 5) is 39.5. The van der Waals surface area contributed by atoms with Crippen LogP contribution < -0.4 is 21.1 Å². The number of methoxy groups -OCH3 is 1. The molecule has 1 aromatic carbocycles. The van der Waals surface area contributed by atoms with Gasteiger partial charge in [-0.15, -0.1) is 11.8 Å². The predicted molar refractivity (Wildman–Crippen MR) is 115 cm³/mol. The van der Waals surface area contributed by atoms with E-state index in [-0.39, 0.29) is 5.75 Å². The van der Waals surface area contributed by atoms with E-state index < -0.39 is 23.8 Å². The summed E-state index contributed by atoms with van der Waals surface area (Å²) in [5.74, 6) is -0.338. The average molecular weight is 435 g/mol. The molecule has 0 saturated heterocycles. The number of hydrogen-bond donors (Lipinski definition) is 3. The summed E-state index contributed by atoms with van der Waals surface area (Å²) < 4.78 is 5.89. The largest absolute Gasteiger partial charge is 0.497 e. The Hall–Kier alpha value is -2.85. The highest BCUT2D eigenvalue weighted by molar-refractivity contribution is 8.01. The van der Waals surface area contributed by atoms with Crippen LogP contribution in [-0.2, 0) is 14.4 Å². The molecule has 1 unspecified atom stereocenters. The Morgan fingerprint density at radius 2 is 2.00 bits per heavy atom. The van der Waals surface area contributed by atoms with Gasteiger partial charge in [0.05, 0.1) is 22.8 Å². The molecule has 1 atom stereocenters. The SMILES string of the molecule is COc1ccc(/C=C/C(=O)NC(C)C(=O)Nc2nc(C)c(SCC(N)=O)s2)cc1. The summed E-state index contributed by atoms with van der Waals surface area (Å²) in [6, 6.07) is 6.46. The van der Waals surface area contributed by atoms with Gasteiger partial charge in [0.1, 0.15) is 11.8 Å². The number of thiazole rings is 1. The maximum atomic E-state index is 12.3. The molecule has 0 fully saturated rings. The van der Waals surface area contributed by atoms with Crippen molar-refractivity contribution >= 4 is 52.0 Å². The van der Waals surface area contributed by atoms with E-state index in [4.69, 9.17) is 10.5 Å². The van der Waals surface area contributed by atoms with Crippen molar-refractivity contribution in [3.8, 4) is 5.75 Å². The van der Waals surface area contributed by atoms with Crippen molar-refractivity contribution in [1.82, 2.24) is 10.3 Å². The molecule has 2 rings (SSSR count). The van der Waals surface area contributed by atoms with E-state index in [2.05, 4.69) is 15.6 Å². The zero-order valence-electron chi connectivity index (χ0n) is 16.2. The summed E-state index contributed by atoms with van der Waals surface area (Å²) in [6.45, 7) is 3.36. The van der Waals surface area contributed by atoms with Crippen molar-refractivity contribution < 1.29 is 19.1 Å². The molecule has 8 nitrogen and oxygen atoms in total. The van der Waals surface area contributed by atoms with Crippen LogP contribution in [-0.4, -0.2) is 41.6 Å². The zero-order valence-corrected chi connectivity index (χ0v) is 17.9. The second-order valence-electron chi connectivity index (χ2n) is 5.97. The normalized spacial score (nSPS) is 11.8. The summed E-state index contributed by atoms with van der Waals surface area (Å²) in [5, 5.41) is 5.67. The van der Waals surface area contributed by atoms with Gasteiger partial charge in [-0.2, -0.15) is 0 Å². The number of thioether (sulfide) groups is 1. The molecule has 1 heterocycles. The van der Waals surface area contributed by atoms with E-state index in [0.29, 0.717) is 10.8 Å². The van der Waals surface area contributed by atoms with Gasteiger partial charge in [-0.25, -0.2) is 4.98 Å². The van der Waals surface area contributed by atoms with Crippen LogP contribution in [0.1, 0.15) is 18.2 Å². The first-order valence-corrected chi connectivity index (χ1v) is 10.4. The van der Waals surface area contributed by atoms with Crippen molar-refractivity contribution in [1.29, 1.82) is 0 Å². The Labute approximate surface area is 176 Å². The number of benzene rings is 1. The molecule has 0 bridgehead atoms. The van der Waals surface area contributed by atoms with Gasteiger partial charge in [0.15, 0.2) is 5.13 Å². The Morgan fingerprint density at radius 1 is 1.31 bits per heavy atom. The van der Waals surface area contributed by atoms with E-state index in [1.807, 2.05) is 12.1 Å². The van der Waals surface area contributed by atoms with Gasteiger partial charge in [-0.1, -0.05) is 23.5 Å². The van der Waals surface area contributed by atoms with Crippen molar-refractivity contribution in [3.63, 3.8) is 0 Å². The van der Waals surface area contributed by atoms with Gasteiger partial charge < -0.3 is 21.1 Å². The van der Waals surface area contributed by atoms with Crippen LogP contribution in [0.15, 0.2) is 34.6 Å². The first kappa shape index (κ1) is 22.4. The zero-order chi connectivity index (χ0) is 21.4. The number of nitrogens with two attached hydrogens (primary N) is 1. The van der Waals surface area contributed by atoms with Crippen molar-refractivity contribution in [3.05, 3.63) is 41.6 Å². The molecule has 3 amide bonds. The lowest BCUT2D eigenvalue weighted by molar-refractivity contribution is -0.123. The molecule has 10 heteroatoms. The van der Waals surface area contributed by atoms with E-state index in [0.717, 1.165) is 15.5 Å². The van der Waals surface area contributed by atoms with Crippen LogP contribution in [0.4, 0.5) is 5.13 Å². The van der Waals surface area contributed by atoms with Gasteiger partial charge in [-0.05, 0) is 37.6 Å². The molecule has 0 radical (unpaired) electrons. The highest BCUT2D eigenvalue weighted by Gasteiger charge is 2.17. The van der Waals surface area contributed by atoms with Gasteiger partial charge >= 0.3 is 0 Å². The van der Waals surface area contributed by atoms with Crippen LogP contribution in [0.2, 0.25) is 0 Å². The third-order valence-electron chi connectivity index (χ3n) is 3.62. The minimum absolute atomic E-state index is 0.142. The van der Waals surface area contributed by atoms with Crippen molar-refractivity contribution in [2.45, 2.75) is 24.1 Å². The molecule has 29 heavy (non-hydrogen) atoms. The number of nitrogens with zero attached hydrogens (tertiary/aromatic N) is 1. The quantitative estimate of drug-likeness (QED) is 0.411. The third-order valence-corrected chi connectivity index (χ3v) is 6.08. The number of amides is 3. The van der Waals surface area contributed by atoms with Crippen LogP contribution in [0, 0.1) is 6.92 Å². The Balaban J connectivity index is 1.87. The second kappa shape index (κ2) is 10.6. The fourth-order valence-electron chi connectivity index (χ4n) is 2.13. The van der Waals surface area contributed by atoms with Crippen LogP contribution in [0.5, 0.6) is 5.75 Å². The van der Waals surface area contributed by atoms with Gasteiger partial charge in [-0.3, -0.25) is 14.4 Å². The molecule has 0 aliphatic rings. The minimum atomic E-state index is -0.756. The monoisotopic (exact) mass is 434 g/mol. The van der Waals surface area contributed by atoms with Gasteiger partial charge in [0, 0.05) is 6.08 Å². The highest BCUT2D eigenvalue weighted by atomic mass is 32.2. The van der Waals surface area contributed by atoms with E-state index in [9.17, 15) is 14.4 Å². The van der Waals surface area contributed by atoms with Gasteiger partial charge in [0.25, 0.3) is 0 Å². The molecule has 2 aromatic rings. The molecule has 0 spiro atoms. The van der Waals surface area contributed by atoms with E-state index in [1.54, 1.807) is 39.2 Å². The Morgan fingerprint density at radius 3 is 2.62 bits per heavy atom. The maximum Gasteiger partial charge on any atom is 0.248 e. The number of aromatic nitrogens is 1. The number of ether oxygens (including phenoxy) is 1. The molecule has 1 aromatic heterocycles. The number of carbonyl (C=O) groups is 3. The number of nitrogens with one attached hydrogen (secondary N) is 2. The van der Waals surface area contributed by atoms with Crippen LogP contribution >= 0.6 is 23.1 Å². The van der Waals surface area contributed by atoms with Crippen LogP contribution in [0.25, 0.3) is 6.08 Å². The second-order valence-corrected chi connectivity index (χ2v) is 8.22. The lowest BCUT2D eigenvalue weighted by atomic mass is 10.2. The van der Waals surface area contributed by atoms with E-state index >= 15 is 0 Å². The number of hydrogen-bond acceptors (Lipinski definition) is 7. The fraction of sp³-hybridized carbons (Fsp3) is 0.263. The van der Waals surface area contributed by atoms with Gasteiger partial charge in [0.2, 0.25) is 17.7 Å². The molecule has 154 valence electrons. The highest BCUT2D eigenvalue weighted by Crippen LogP contribution is 2.31. The molecular formula is C19H22N4O4S2. The van der Waals surface area contributed by atoms with Crippen molar-refractivity contribution in [2.24, 2.45) is 5.73 Å². The lowest BCUT2D eigenvalue weighted by Gasteiger charge is -2.11. The number of anilines is 1.